The lowest BCUT2D eigenvalue weighted by Crippen LogP contribution is -2.45. The number of nitrogens with zero attached hydrogens (tertiary/aromatic N) is 2. The quantitative estimate of drug-likeness (QED) is 0.860. The summed E-state index contributed by atoms with van der Waals surface area (Å²) < 4.78 is 18.1. The van der Waals surface area contributed by atoms with E-state index in [1.54, 1.807) is 24.3 Å². The van der Waals surface area contributed by atoms with E-state index in [-0.39, 0.29) is 23.9 Å². The highest BCUT2D eigenvalue weighted by Crippen LogP contribution is 2.31. The minimum atomic E-state index is -0.974. The predicted molar refractivity (Wildman–Crippen MR) is 85.3 cm³/mol. The molecule has 0 fully saturated rings. The Bertz CT molecular complexity index is 792. The van der Waals surface area contributed by atoms with Crippen LogP contribution in [0.1, 0.15) is 16.1 Å². The monoisotopic (exact) mass is 329 g/mol. The molecule has 0 aliphatic carbocycles. The first-order valence-corrected chi connectivity index (χ1v) is 7.37. The van der Waals surface area contributed by atoms with Crippen molar-refractivity contribution in [1.82, 2.24) is 4.98 Å². The SMILES string of the molecule is COc1ccc2c(n1)C(=O)C(C(N)=O)CN2Cc1ccc(F)cc1. The third-order valence-corrected chi connectivity index (χ3v) is 3.98. The lowest BCUT2D eigenvalue weighted by Gasteiger charge is -2.33. The maximum absolute atomic E-state index is 13.1. The summed E-state index contributed by atoms with van der Waals surface area (Å²) in [5.74, 6) is -2.12. The molecule has 0 bridgehead atoms. The fraction of sp³-hybridized carbons (Fsp3) is 0.235. The number of primary amides is 1. The smallest absolute Gasteiger partial charge is 0.230 e. The van der Waals surface area contributed by atoms with Crippen LogP contribution in [0.3, 0.4) is 0 Å². The fourth-order valence-electron chi connectivity index (χ4n) is 2.73. The largest absolute Gasteiger partial charge is 0.481 e. The molecule has 1 aliphatic heterocycles. The molecule has 2 N–H and O–H groups in total. The molecule has 0 spiro atoms. The molecule has 1 unspecified atom stereocenters. The summed E-state index contributed by atoms with van der Waals surface area (Å²) >= 11 is 0. The molecule has 3 rings (SSSR count). The second-order valence-electron chi connectivity index (χ2n) is 5.55. The molecule has 2 heterocycles. The Hall–Kier alpha value is -2.96. The number of rotatable bonds is 4. The van der Waals surface area contributed by atoms with Crippen LogP contribution in [0.2, 0.25) is 0 Å². The molecular weight excluding hydrogens is 313 g/mol. The van der Waals surface area contributed by atoms with Crippen LogP contribution in [0.15, 0.2) is 36.4 Å². The first kappa shape index (κ1) is 15.9. The number of aromatic nitrogens is 1. The number of ether oxygens (including phenoxy) is 1. The van der Waals surface area contributed by atoms with E-state index in [0.717, 1.165) is 5.56 Å². The van der Waals surface area contributed by atoms with Crippen molar-refractivity contribution in [3.63, 3.8) is 0 Å². The summed E-state index contributed by atoms with van der Waals surface area (Å²) in [6.07, 6.45) is 0. The first-order chi connectivity index (χ1) is 11.5. The average molecular weight is 329 g/mol. The normalized spacial score (nSPS) is 16.7. The van der Waals surface area contributed by atoms with Crippen molar-refractivity contribution in [2.45, 2.75) is 6.54 Å². The van der Waals surface area contributed by atoms with Crippen LogP contribution >= 0.6 is 0 Å². The molecule has 24 heavy (non-hydrogen) atoms. The number of benzene rings is 1. The van der Waals surface area contributed by atoms with Gasteiger partial charge in [0.1, 0.15) is 17.4 Å². The Labute approximate surface area is 138 Å². The van der Waals surface area contributed by atoms with Gasteiger partial charge in [-0.25, -0.2) is 9.37 Å². The Morgan fingerprint density at radius 3 is 2.67 bits per heavy atom. The van der Waals surface area contributed by atoms with Crippen molar-refractivity contribution >= 4 is 17.4 Å². The van der Waals surface area contributed by atoms with E-state index in [2.05, 4.69) is 4.98 Å². The Morgan fingerprint density at radius 2 is 2.04 bits per heavy atom. The van der Waals surface area contributed by atoms with Gasteiger partial charge in [-0.2, -0.15) is 0 Å². The number of anilines is 1. The van der Waals surface area contributed by atoms with Gasteiger partial charge in [0.25, 0.3) is 0 Å². The molecule has 1 amide bonds. The van der Waals surface area contributed by atoms with E-state index in [9.17, 15) is 14.0 Å². The number of pyridine rings is 1. The summed E-state index contributed by atoms with van der Waals surface area (Å²) in [4.78, 5) is 30.1. The molecule has 0 saturated carbocycles. The van der Waals surface area contributed by atoms with Crippen LogP contribution in [0.25, 0.3) is 0 Å². The van der Waals surface area contributed by atoms with Crippen LogP contribution in [0, 0.1) is 11.7 Å². The van der Waals surface area contributed by atoms with Crippen LogP contribution in [0.5, 0.6) is 5.88 Å². The van der Waals surface area contributed by atoms with Crippen molar-refractivity contribution in [2.24, 2.45) is 11.7 Å². The van der Waals surface area contributed by atoms with Crippen molar-refractivity contribution in [3.8, 4) is 5.88 Å². The predicted octanol–water partition coefficient (Wildman–Crippen LogP) is 1.53. The minimum absolute atomic E-state index is 0.159. The maximum Gasteiger partial charge on any atom is 0.230 e. The number of halogens is 1. The average Bonchev–Trinajstić information content (AvgIpc) is 2.58. The number of carbonyl (C=O) groups is 2. The van der Waals surface area contributed by atoms with Crippen molar-refractivity contribution in [2.75, 3.05) is 18.6 Å². The van der Waals surface area contributed by atoms with Gasteiger partial charge < -0.3 is 15.4 Å². The van der Waals surface area contributed by atoms with E-state index in [1.807, 2.05) is 4.90 Å². The van der Waals surface area contributed by atoms with Crippen LogP contribution in [-0.4, -0.2) is 30.3 Å². The van der Waals surface area contributed by atoms with Crippen molar-refractivity contribution in [3.05, 3.63) is 53.5 Å². The molecule has 1 atom stereocenters. The number of fused-ring (bicyclic) bond motifs is 1. The van der Waals surface area contributed by atoms with Crippen molar-refractivity contribution in [1.29, 1.82) is 0 Å². The molecule has 1 aliphatic rings. The van der Waals surface area contributed by atoms with Crippen LogP contribution < -0.4 is 15.4 Å². The van der Waals surface area contributed by atoms with E-state index in [0.29, 0.717) is 12.2 Å². The third-order valence-electron chi connectivity index (χ3n) is 3.98. The summed E-state index contributed by atoms with van der Waals surface area (Å²) in [7, 11) is 1.45. The van der Waals surface area contributed by atoms with Crippen molar-refractivity contribution < 1.29 is 18.7 Å². The zero-order valence-electron chi connectivity index (χ0n) is 13.0. The molecule has 1 aromatic heterocycles. The van der Waals surface area contributed by atoms with Gasteiger partial charge in [0, 0.05) is 19.2 Å². The van der Waals surface area contributed by atoms with Gasteiger partial charge in [-0.1, -0.05) is 12.1 Å². The lowest BCUT2D eigenvalue weighted by atomic mass is 9.93. The number of nitrogens with two attached hydrogens (primary N) is 1. The Kier molecular flexibility index (Phi) is 4.16. The number of carbonyl (C=O) groups excluding carboxylic acids is 2. The molecular formula is C17H16FN3O3. The number of hydrogen-bond acceptors (Lipinski definition) is 5. The number of hydrogen-bond donors (Lipinski definition) is 1. The molecule has 124 valence electrons. The molecule has 7 heteroatoms. The molecule has 2 aromatic rings. The first-order valence-electron chi connectivity index (χ1n) is 7.37. The van der Waals surface area contributed by atoms with E-state index in [4.69, 9.17) is 10.5 Å². The van der Waals surface area contributed by atoms with Gasteiger partial charge in [-0.15, -0.1) is 0 Å². The number of ketones is 1. The van der Waals surface area contributed by atoms with Gasteiger partial charge >= 0.3 is 0 Å². The second-order valence-corrected chi connectivity index (χ2v) is 5.55. The number of methoxy groups -OCH3 is 1. The number of amides is 1. The lowest BCUT2D eigenvalue weighted by molar-refractivity contribution is -0.120. The topological polar surface area (TPSA) is 85.5 Å². The molecule has 0 saturated heterocycles. The van der Waals surface area contributed by atoms with E-state index in [1.165, 1.54) is 19.2 Å². The zero-order chi connectivity index (χ0) is 17.3. The maximum atomic E-state index is 13.1. The van der Waals surface area contributed by atoms with Gasteiger partial charge in [-0.05, 0) is 23.8 Å². The Morgan fingerprint density at radius 1 is 1.33 bits per heavy atom. The van der Waals surface area contributed by atoms with Crippen LogP contribution in [-0.2, 0) is 11.3 Å². The summed E-state index contributed by atoms with van der Waals surface area (Å²) in [5, 5.41) is 0. The van der Waals surface area contributed by atoms with Gasteiger partial charge in [0.05, 0.1) is 12.8 Å². The molecule has 0 radical (unpaired) electrons. The number of Topliss-reactive ketones (excluding diaryl/α,β-unsaturated/α-hetero) is 1. The summed E-state index contributed by atoms with van der Waals surface area (Å²) in [6.45, 7) is 0.560. The highest BCUT2D eigenvalue weighted by molar-refractivity contribution is 6.13. The zero-order valence-corrected chi connectivity index (χ0v) is 13.0. The molecule has 1 aromatic carbocycles. The summed E-state index contributed by atoms with van der Waals surface area (Å²) in [5.41, 5.74) is 6.97. The second kappa shape index (κ2) is 6.27. The summed E-state index contributed by atoms with van der Waals surface area (Å²) in [6, 6.07) is 9.41. The van der Waals surface area contributed by atoms with Gasteiger partial charge in [0.2, 0.25) is 11.8 Å². The standard InChI is InChI=1S/C17H16FN3O3/c1-24-14-7-6-13-15(20-14)16(22)12(17(19)23)9-21(13)8-10-2-4-11(18)5-3-10/h2-7,12H,8-9H2,1H3,(H2,19,23). The van der Waals surface area contributed by atoms with Gasteiger partial charge in [0.15, 0.2) is 5.78 Å². The van der Waals surface area contributed by atoms with Crippen LogP contribution in [0.4, 0.5) is 10.1 Å². The minimum Gasteiger partial charge on any atom is -0.481 e. The molecule has 6 nitrogen and oxygen atoms in total. The van der Waals surface area contributed by atoms with E-state index < -0.39 is 17.6 Å². The van der Waals surface area contributed by atoms with E-state index >= 15 is 0 Å². The Balaban J connectivity index is 1.99. The highest BCUT2D eigenvalue weighted by Gasteiger charge is 2.36. The third kappa shape index (κ3) is 2.92. The van der Waals surface area contributed by atoms with Gasteiger partial charge in [-0.3, -0.25) is 9.59 Å². The highest BCUT2D eigenvalue weighted by atomic mass is 19.1. The fourth-order valence-corrected chi connectivity index (χ4v) is 2.73.